The van der Waals surface area contributed by atoms with Gasteiger partial charge in [-0.15, -0.1) is 10.2 Å². The molecule has 2 fully saturated rings. The summed E-state index contributed by atoms with van der Waals surface area (Å²) in [4.78, 5) is 41.6. The summed E-state index contributed by atoms with van der Waals surface area (Å²) in [5.74, 6) is 0.766. The van der Waals surface area contributed by atoms with Crippen LogP contribution in [0.5, 0.6) is 0 Å². The number of benzene rings is 1. The van der Waals surface area contributed by atoms with Crippen molar-refractivity contribution in [2.75, 3.05) is 19.8 Å². The van der Waals surface area contributed by atoms with Crippen molar-refractivity contribution in [1.29, 1.82) is 0 Å². The number of carbonyl (C=O) groups is 3. The van der Waals surface area contributed by atoms with Crippen LogP contribution in [0.4, 0.5) is 0 Å². The standard InChI is InChI=1S/C30H37N5O5/c1-4-25(37)24-12-30-13-26(30)35(24)27(38)16-34-15-23(18(2)36)22-11-20(29-33-32-19(3)40-29)10-21(28(22)34)14-31-8-6-5-7-9-39-17-30/h10-11,15,24,26,31H,4-9,12-14,16-17H2,1-3H3/t24-,26+,30-/m0/s1. The molecule has 3 aromatic rings. The fraction of sp³-hybridized carbons (Fsp3) is 0.567. The van der Waals surface area contributed by atoms with E-state index in [0.29, 0.717) is 49.9 Å². The van der Waals surface area contributed by atoms with Crippen molar-refractivity contribution in [3.63, 3.8) is 0 Å². The molecule has 3 aliphatic rings. The Morgan fingerprint density at radius 3 is 2.77 bits per heavy atom. The van der Waals surface area contributed by atoms with Crippen LogP contribution in [0, 0.1) is 12.3 Å². The summed E-state index contributed by atoms with van der Waals surface area (Å²) in [6.45, 7) is 7.87. The van der Waals surface area contributed by atoms with Gasteiger partial charge in [0.2, 0.25) is 17.7 Å². The number of nitrogens with one attached hydrogen (secondary N) is 1. The fourth-order valence-electron chi connectivity index (χ4n) is 6.67. The molecular formula is C30H37N5O5. The molecule has 4 heterocycles. The summed E-state index contributed by atoms with van der Waals surface area (Å²) in [5, 5.41) is 12.5. The van der Waals surface area contributed by atoms with E-state index in [0.717, 1.165) is 54.3 Å². The molecule has 6 rings (SSSR count). The van der Waals surface area contributed by atoms with Crippen molar-refractivity contribution in [1.82, 2.24) is 25.0 Å². The SMILES string of the molecule is CCC(=O)[C@@H]1C[C@]23COCCCCCNCc4cc(-c5nnc(C)o5)cc5c(C(C)=O)cn(c45)CC(=O)N1[C@@H]2C3. The van der Waals surface area contributed by atoms with E-state index in [2.05, 4.69) is 15.5 Å². The number of aromatic nitrogens is 3. The van der Waals surface area contributed by atoms with Gasteiger partial charge < -0.3 is 23.9 Å². The first-order valence-electron chi connectivity index (χ1n) is 14.4. The number of hydrogen-bond donors (Lipinski definition) is 1. The van der Waals surface area contributed by atoms with Crippen LogP contribution in [0.2, 0.25) is 0 Å². The van der Waals surface area contributed by atoms with Crippen molar-refractivity contribution < 1.29 is 23.5 Å². The Labute approximate surface area is 233 Å². The van der Waals surface area contributed by atoms with Crippen LogP contribution in [0.1, 0.15) is 74.2 Å². The lowest BCUT2D eigenvalue weighted by molar-refractivity contribution is -0.139. The highest BCUT2D eigenvalue weighted by Crippen LogP contribution is 2.60. The maximum absolute atomic E-state index is 14.0. The third-order valence-electron chi connectivity index (χ3n) is 8.78. The highest BCUT2D eigenvalue weighted by atomic mass is 16.5. The minimum Gasteiger partial charge on any atom is -0.421 e. The monoisotopic (exact) mass is 547 g/mol. The zero-order chi connectivity index (χ0) is 28.0. The smallest absolute Gasteiger partial charge is 0.247 e. The molecule has 2 bridgehead atoms. The van der Waals surface area contributed by atoms with Gasteiger partial charge in [0.25, 0.3) is 0 Å². The van der Waals surface area contributed by atoms with Gasteiger partial charge in [-0.2, -0.15) is 0 Å². The van der Waals surface area contributed by atoms with Crippen molar-refractivity contribution >= 4 is 28.4 Å². The van der Waals surface area contributed by atoms with Crippen LogP contribution < -0.4 is 5.32 Å². The molecule has 1 N–H and O–H groups in total. The third kappa shape index (κ3) is 4.77. The summed E-state index contributed by atoms with van der Waals surface area (Å²) in [7, 11) is 0. The number of rotatable bonds is 4. The second-order valence-corrected chi connectivity index (χ2v) is 11.6. The average molecular weight is 548 g/mol. The molecule has 1 aliphatic carbocycles. The van der Waals surface area contributed by atoms with Crippen molar-refractivity contribution in [2.24, 2.45) is 5.41 Å². The highest BCUT2D eigenvalue weighted by molar-refractivity contribution is 6.09. The summed E-state index contributed by atoms with van der Waals surface area (Å²) in [5.41, 5.74) is 2.92. The molecular weight excluding hydrogens is 510 g/mol. The zero-order valence-corrected chi connectivity index (χ0v) is 23.5. The van der Waals surface area contributed by atoms with Gasteiger partial charge in [-0.25, -0.2) is 0 Å². The number of carbonyl (C=O) groups excluding carboxylic acids is 3. The Morgan fingerprint density at radius 1 is 1.18 bits per heavy atom. The van der Waals surface area contributed by atoms with Gasteiger partial charge in [-0.3, -0.25) is 14.4 Å². The molecule has 0 spiro atoms. The Bertz CT molecular complexity index is 1470. The topological polar surface area (TPSA) is 120 Å². The predicted octanol–water partition coefficient (Wildman–Crippen LogP) is 3.83. The summed E-state index contributed by atoms with van der Waals surface area (Å²) < 4.78 is 13.7. The molecule has 0 radical (unpaired) electrons. The van der Waals surface area contributed by atoms with Gasteiger partial charge in [0.05, 0.1) is 18.2 Å². The first-order chi connectivity index (χ1) is 19.3. The Hall–Kier alpha value is -3.37. The fourth-order valence-corrected chi connectivity index (χ4v) is 6.67. The number of piperidine rings is 1. The maximum atomic E-state index is 14.0. The minimum atomic E-state index is -0.415. The van der Waals surface area contributed by atoms with E-state index in [1.165, 1.54) is 6.92 Å². The number of ketones is 2. The number of amides is 1. The van der Waals surface area contributed by atoms with Gasteiger partial charge in [0.1, 0.15) is 6.54 Å². The molecule has 1 amide bonds. The van der Waals surface area contributed by atoms with Crippen molar-refractivity contribution in [2.45, 2.75) is 84.5 Å². The lowest BCUT2D eigenvalue weighted by Gasteiger charge is -2.27. The molecule has 10 heteroatoms. The number of aryl methyl sites for hydroxylation is 1. The molecule has 2 aromatic heterocycles. The van der Waals surface area contributed by atoms with Gasteiger partial charge in [-0.1, -0.05) is 6.92 Å². The number of hydrogen-bond acceptors (Lipinski definition) is 8. The molecule has 0 unspecified atom stereocenters. The van der Waals surface area contributed by atoms with E-state index in [1.807, 2.05) is 28.5 Å². The van der Waals surface area contributed by atoms with Gasteiger partial charge in [0.15, 0.2) is 11.6 Å². The largest absolute Gasteiger partial charge is 0.421 e. The number of Topliss-reactive ketones (excluding diaryl/α,β-unsaturated/α-hetero) is 2. The van der Waals surface area contributed by atoms with Gasteiger partial charge in [0, 0.05) is 60.7 Å². The average Bonchev–Trinajstić information content (AvgIpc) is 3.22. The maximum Gasteiger partial charge on any atom is 0.247 e. The quantitative estimate of drug-likeness (QED) is 0.490. The van der Waals surface area contributed by atoms with Crippen LogP contribution in [0.15, 0.2) is 22.7 Å². The van der Waals surface area contributed by atoms with E-state index in [-0.39, 0.29) is 35.5 Å². The van der Waals surface area contributed by atoms with Crippen molar-refractivity contribution in [3.8, 4) is 11.5 Å². The van der Waals surface area contributed by atoms with Crippen LogP contribution in [0.25, 0.3) is 22.4 Å². The Balaban J connectivity index is 1.44. The van der Waals surface area contributed by atoms with Crippen LogP contribution in [-0.4, -0.2) is 69.0 Å². The molecule has 1 aromatic carbocycles. The summed E-state index contributed by atoms with van der Waals surface area (Å²) in [6, 6.07) is 3.51. The summed E-state index contributed by atoms with van der Waals surface area (Å²) >= 11 is 0. The van der Waals surface area contributed by atoms with Crippen LogP contribution in [-0.2, 0) is 27.4 Å². The first kappa shape index (κ1) is 26.8. The summed E-state index contributed by atoms with van der Waals surface area (Å²) in [6.07, 6.45) is 6.76. The van der Waals surface area contributed by atoms with E-state index in [9.17, 15) is 14.4 Å². The molecule has 10 nitrogen and oxygen atoms in total. The highest BCUT2D eigenvalue weighted by Gasteiger charge is 2.66. The first-order valence-corrected chi connectivity index (χ1v) is 14.4. The van der Waals surface area contributed by atoms with Crippen LogP contribution in [0.3, 0.4) is 0 Å². The normalized spacial score (nSPS) is 25.6. The Kier molecular flexibility index (Phi) is 7.08. The second kappa shape index (κ2) is 10.6. The van der Waals surface area contributed by atoms with Gasteiger partial charge in [-0.05, 0) is 63.3 Å². The molecule has 2 aliphatic heterocycles. The van der Waals surface area contributed by atoms with E-state index in [1.54, 1.807) is 13.1 Å². The number of ether oxygens (including phenoxy) is 1. The molecule has 40 heavy (non-hydrogen) atoms. The van der Waals surface area contributed by atoms with E-state index in [4.69, 9.17) is 9.15 Å². The second-order valence-electron chi connectivity index (χ2n) is 11.6. The minimum absolute atomic E-state index is 0.0267. The molecule has 212 valence electrons. The molecule has 1 saturated heterocycles. The molecule has 3 atom stereocenters. The zero-order valence-electron chi connectivity index (χ0n) is 23.5. The predicted molar refractivity (Wildman–Crippen MR) is 148 cm³/mol. The molecule has 1 saturated carbocycles. The lowest BCUT2D eigenvalue weighted by Crippen LogP contribution is -2.44. The lowest BCUT2D eigenvalue weighted by atomic mass is 9.97. The third-order valence-corrected chi connectivity index (χ3v) is 8.78. The van der Waals surface area contributed by atoms with Crippen molar-refractivity contribution in [3.05, 3.63) is 35.3 Å². The van der Waals surface area contributed by atoms with E-state index < -0.39 is 6.04 Å². The van der Waals surface area contributed by atoms with Crippen LogP contribution >= 0.6 is 0 Å². The Morgan fingerprint density at radius 2 is 2.02 bits per heavy atom. The van der Waals surface area contributed by atoms with Gasteiger partial charge >= 0.3 is 0 Å². The van der Waals surface area contributed by atoms with E-state index >= 15 is 0 Å². The number of nitrogens with zero attached hydrogens (tertiary/aromatic N) is 4.